The molecule has 1 aromatic heterocycles. The molecule has 2 nitrogen and oxygen atoms in total. The molecule has 2 heteroatoms. The van der Waals surface area contributed by atoms with Crippen molar-refractivity contribution >= 4 is 16.5 Å². The molecule has 1 aliphatic heterocycles. The zero-order valence-corrected chi connectivity index (χ0v) is 19.6. The highest BCUT2D eigenvalue weighted by molar-refractivity contribution is 5.96. The van der Waals surface area contributed by atoms with E-state index in [4.69, 9.17) is 0 Å². The first kappa shape index (κ1) is 20.7. The van der Waals surface area contributed by atoms with Crippen LogP contribution in [-0.2, 0) is 5.60 Å². The van der Waals surface area contributed by atoms with Gasteiger partial charge in [-0.2, -0.15) is 0 Å². The van der Waals surface area contributed by atoms with Crippen LogP contribution in [0, 0.1) is 0 Å². The molecule has 1 atom stereocenters. The third-order valence-corrected chi connectivity index (χ3v) is 7.26. The van der Waals surface area contributed by atoms with Crippen molar-refractivity contribution in [2.24, 2.45) is 0 Å². The minimum Gasteiger partial charge on any atom is -0.376 e. The average molecular weight is 462 g/mol. The Kier molecular flexibility index (Phi) is 4.59. The lowest BCUT2D eigenvalue weighted by Gasteiger charge is -2.38. The first-order valence-corrected chi connectivity index (χ1v) is 12.2. The Morgan fingerprint density at radius 1 is 0.750 bits per heavy atom. The third kappa shape index (κ3) is 2.90. The van der Waals surface area contributed by atoms with Crippen molar-refractivity contribution in [3.63, 3.8) is 0 Å². The van der Waals surface area contributed by atoms with Crippen molar-refractivity contribution in [3.05, 3.63) is 161 Å². The molecule has 1 unspecified atom stereocenters. The van der Waals surface area contributed by atoms with E-state index in [0.29, 0.717) is 0 Å². The number of fused-ring (bicyclic) bond motifs is 2. The number of allylic oxidation sites excluding steroid dienone is 5. The summed E-state index contributed by atoms with van der Waals surface area (Å²) in [6, 6.07) is 35.3. The summed E-state index contributed by atoms with van der Waals surface area (Å²) >= 11 is 0. The van der Waals surface area contributed by atoms with Crippen LogP contribution in [0.25, 0.3) is 33.4 Å². The highest BCUT2D eigenvalue weighted by atomic mass is 16.3. The summed E-state index contributed by atoms with van der Waals surface area (Å²) in [5.74, 6) is 0. The molecule has 1 aliphatic carbocycles. The average Bonchev–Trinajstić information content (AvgIpc) is 3.12. The summed E-state index contributed by atoms with van der Waals surface area (Å²) in [6.07, 6.45) is 9.97. The fraction of sp³-hybridized carbons (Fsp3) is 0.0294. The van der Waals surface area contributed by atoms with Crippen LogP contribution in [0.3, 0.4) is 0 Å². The topological polar surface area (TPSA) is 25.2 Å². The number of para-hydroxylation sites is 1. The van der Waals surface area contributed by atoms with E-state index in [1.54, 1.807) is 0 Å². The van der Waals surface area contributed by atoms with Crippen LogP contribution < -0.4 is 0 Å². The normalized spacial score (nSPS) is 17.6. The first-order chi connectivity index (χ1) is 17.8. The molecule has 2 aliphatic rings. The summed E-state index contributed by atoms with van der Waals surface area (Å²) in [5.41, 5.74) is 10.8. The minimum absolute atomic E-state index is 0.853. The largest absolute Gasteiger partial charge is 0.376 e. The van der Waals surface area contributed by atoms with Crippen LogP contribution in [0.1, 0.15) is 22.3 Å². The van der Waals surface area contributed by atoms with E-state index in [9.17, 15) is 5.11 Å². The van der Waals surface area contributed by atoms with Crippen molar-refractivity contribution in [2.45, 2.75) is 5.60 Å². The lowest BCUT2D eigenvalue weighted by atomic mass is 9.74. The summed E-state index contributed by atoms with van der Waals surface area (Å²) in [6.45, 7) is 0. The number of aromatic nitrogens is 1. The highest BCUT2D eigenvalue weighted by Gasteiger charge is 2.44. The highest BCUT2D eigenvalue weighted by Crippen LogP contribution is 2.51. The molecule has 0 fully saturated rings. The van der Waals surface area contributed by atoms with Gasteiger partial charge in [-0.1, -0.05) is 103 Å². The van der Waals surface area contributed by atoms with Gasteiger partial charge in [0.05, 0.1) is 16.9 Å². The Morgan fingerprint density at radius 2 is 1.53 bits per heavy atom. The Morgan fingerprint density at radius 3 is 2.36 bits per heavy atom. The molecular weight excluding hydrogens is 438 g/mol. The maximum absolute atomic E-state index is 12.9. The molecule has 0 amide bonds. The van der Waals surface area contributed by atoms with E-state index in [-0.39, 0.29) is 0 Å². The summed E-state index contributed by atoms with van der Waals surface area (Å²) in [7, 11) is 0. The van der Waals surface area contributed by atoms with Gasteiger partial charge in [0.25, 0.3) is 0 Å². The maximum Gasteiger partial charge on any atom is 0.145 e. The van der Waals surface area contributed by atoms with Gasteiger partial charge in [-0.3, -0.25) is 0 Å². The molecule has 170 valence electrons. The molecule has 4 aromatic carbocycles. The standard InChI is InChI=1S/C34H23NO/c36-34(27-18-9-4-10-19-27)29-21-11-17-26-23-31(25-15-7-3-8-16-25)35(33(26)29)30-22-12-20-28(32(30)34)24-13-5-1-2-6-14-24/h1,3-23,36H. The van der Waals surface area contributed by atoms with Crippen molar-refractivity contribution in [1.82, 2.24) is 4.57 Å². The van der Waals surface area contributed by atoms with Crippen molar-refractivity contribution in [1.29, 1.82) is 0 Å². The molecule has 0 saturated carbocycles. The molecular formula is C34H23NO. The zero-order chi connectivity index (χ0) is 24.1. The van der Waals surface area contributed by atoms with Crippen LogP contribution in [0.15, 0.2) is 139 Å². The fourth-order valence-corrected chi connectivity index (χ4v) is 5.72. The summed E-state index contributed by atoms with van der Waals surface area (Å²) < 4.78 is 2.32. The number of rotatable bonds is 3. The van der Waals surface area contributed by atoms with E-state index in [1.807, 2.05) is 54.6 Å². The predicted molar refractivity (Wildman–Crippen MR) is 147 cm³/mol. The second kappa shape index (κ2) is 7.96. The molecule has 0 spiro atoms. The smallest absolute Gasteiger partial charge is 0.145 e. The molecule has 0 bridgehead atoms. The summed E-state index contributed by atoms with van der Waals surface area (Å²) in [4.78, 5) is 0. The van der Waals surface area contributed by atoms with Crippen molar-refractivity contribution in [2.75, 3.05) is 0 Å². The third-order valence-electron chi connectivity index (χ3n) is 7.26. The van der Waals surface area contributed by atoms with Crippen LogP contribution in [0.4, 0.5) is 0 Å². The first-order valence-electron chi connectivity index (χ1n) is 12.2. The quantitative estimate of drug-likeness (QED) is 0.276. The molecule has 0 saturated heterocycles. The fourth-order valence-electron chi connectivity index (χ4n) is 5.72. The molecule has 5 aromatic rings. The van der Waals surface area contributed by atoms with Gasteiger partial charge < -0.3 is 9.67 Å². The lowest BCUT2D eigenvalue weighted by molar-refractivity contribution is 0.125. The number of benzene rings is 4. The van der Waals surface area contributed by atoms with Gasteiger partial charge in [-0.25, -0.2) is 0 Å². The van der Waals surface area contributed by atoms with Gasteiger partial charge in [0, 0.05) is 16.5 Å². The molecule has 0 radical (unpaired) electrons. The Bertz CT molecular complexity index is 1760. The Labute approximate surface area is 210 Å². The lowest BCUT2D eigenvalue weighted by Crippen LogP contribution is -2.35. The second-order valence-electron chi connectivity index (χ2n) is 9.23. The van der Waals surface area contributed by atoms with Gasteiger partial charge in [0.2, 0.25) is 0 Å². The van der Waals surface area contributed by atoms with E-state index < -0.39 is 5.60 Å². The van der Waals surface area contributed by atoms with E-state index in [2.05, 4.69) is 89.2 Å². The van der Waals surface area contributed by atoms with Crippen LogP contribution in [0.2, 0.25) is 0 Å². The van der Waals surface area contributed by atoms with Crippen LogP contribution in [-0.4, -0.2) is 9.67 Å². The van der Waals surface area contributed by atoms with E-state index >= 15 is 0 Å². The zero-order valence-electron chi connectivity index (χ0n) is 19.6. The minimum atomic E-state index is -1.33. The van der Waals surface area contributed by atoms with Gasteiger partial charge in [0.1, 0.15) is 5.60 Å². The van der Waals surface area contributed by atoms with Crippen LogP contribution in [0.5, 0.6) is 0 Å². The second-order valence-corrected chi connectivity index (χ2v) is 9.23. The summed E-state index contributed by atoms with van der Waals surface area (Å²) in [5, 5.41) is 14.0. The molecule has 36 heavy (non-hydrogen) atoms. The monoisotopic (exact) mass is 461 g/mol. The van der Waals surface area contributed by atoms with E-state index in [0.717, 1.165) is 55.7 Å². The van der Waals surface area contributed by atoms with Gasteiger partial charge in [-0.05, 0) is 52.6 Å². The Balaban J connectivity index is 1.66. The molecule has 7 rings (SSSR count). The van der Waals surface area contributed by atoms with E-state index in [1.165, 1.54) is 0 Å². The van der Waals surface area contributed by atoms with Gasteiger partial charge in [0.15, 0.2) is 0 Å². The predicted octanol–water partition coefficient (Wildman–Crippen LogP) is 7.56. The Hall–Kier alpha value is -4.62. The van der Waals surface area contributed by atoms with Crippen LogP contribution >= 0.6 is 0 Å². The van der Waals surface area contributed by atoms with Gasteiger partial charge in [-0.15, -0.1) is 5.73 Å². The van der Waals surface area contributed by atoms with Gasteiger partial charge >= 0.3 is 0 Å². The van der Waals surface area contributed by atoms with Crippen molar-refractivity contribution < 1.29 is 5.11 Å². The number of nitrogens with zero attached hydrogens (tertiary/aromatic N) is 1. The number of hydrogen-bond donors (Lipinski definition) is 1. The number of aliphatic hydroxyl groups is 1. The maximum atomic E-state index is 12.9. The number of hydrogen-bond acceptors (Lipinski definition) is 1. The molecule has 1 N–H and O–H groups in total. The molecule has 2 heterocycles. The van der Waals surface area contributed by atoms with Crippen molar-refractivity contribution in [3.8, 4) is 16.9 Å². The SMILES string of the molecule is OC1(c2ccccc2)c2c(C3=CC=C=CC=C3)cccc2-n2c(-c3ccccc3)cc3cccc1c32.